The third-order valence-electron chi connectivity index (χ3n) is 1.70. The fraction of sp³-hybridized carbons (Fsp3) is 0.400. The summed E-state index contributed by atoms with van der Waals surface area (Å²) >= 11 is 5.58. The maximum atomic E-state index is 13.2. The molecule has 1 aromatic rings. The van der Waals surface area contributed by atoms with Crippen LogP contribution in [0.5, 0.6) is 5.75 Å². The van der Waals surface area contributed by atoms with Gasteiger partial charge in [-0.3, -0.25) is 0 Å². The van der Waals surface area contributed by atoms with Crippen molar-refractivity contribution in [2.24, 2.45) is 0 Å². The SMILES string of the molecule is CCNCCOc1cccc(Cl)c1F. The molecule has 0 aliphatic carbocycles. The van der Waals surface area contributed by atoms with E-state index in [4.69, 9.17) is 16.3 Å². The Balaban J connectivity index is 2.46. The number of hydrogen-bond acceptors (Lipinski definition) is 2. The number of halogens is 2. The van der Waals surface area contributed by atoms with E-state index in [1.165, 1.54) is 6.07 Å². The van der Waals surface area contributed by atoms with Crippen molar-refractivity contribution in [3.05, 3.63) is 29.0 Å². The second kappa shape index (κ2) is 5.83. The lowest BCUT2D eigenvalue weighted by molar-refractivity contribution is 0.300. The van der Waals surface area contributed by atoms with Crippen LogP contribution in [0.3, 0.4) is 0 Å². The first kappa shape index (κ1) is 11.3. The molecule has 0 amide bonds. The first-order chi connectivity index (χ1) is 6.75. The fourth-order valence-corrected chi connectivity index (χ4v) is 1.17. The molecule has 0 bridgehead atoms. The van der Waals surface area contributed by atoms with Crippen LogP contribution in [-0.2, 0) is 0 Å². The van der Waals surface area contributed by atoms with E-state index >= 15 is 0 Å². The van der Waals surface area contributed by atoms with Crippen LogP contribution >= 0.6 is 11.6 Å². The molecule has 0 heterocycles. The van der Waals surface area contributed by atoms with Gasteiger partial charge >= 0.3 is 0 Å². The van der Waals surface area contributed by atoms with Gasteiger partial charge in [-0.15, -0.1) is 0 Å². The Morgan fingerprint density at radius 3 is 3.00 bits per heavy atom. The predicted molar refractivity (Wildman–Crippen MR) is 55.4 cm³/mol. The first-order valence-corrected chi connectivity index (χ1v) is 4.91. The fourth-order valence-electron chi connectivity index (χ4n) is 1.01. The molecule has 0 radical (unpaired) electrons. The van der Waals surface area contributed by atoms with Crippen LogP contribution < -0.4 is 10.1 Å². The van der Waals surface area contributed by atoms with Crippen LogP contribution in [0.15, 0.2) is 18.2 Å². The number of hydrogen-bond donors (Lipinski definition) is 1. The average molecular weight is 218 g/mol. The van der Waals surface area contributed by atoms with Gasteiger partial charge in [0.15, 0.2) is 11.6 Å². The van der Waals surface area contributed by atoms with Crippen molar-refractivity contribution in [2.45, 2.75) is 6.92 Å². The van der Waals surface area contributed by atoms with Crippen molar-refractivity contribution >= 4 is 11.6 Å². The standard InChI is InChI=1S/C10H13ClFNO/c1-2-13-6-7-14-9-5-3-4-8(11)10(9)12/h3-5,13H,2,6-7H2,1H3. The van der Waals surface area contributed by atoms with E-state index in [1.54, 1.807) is 12.1 Å². The molecule has 1 N–H and O–H groups in total. The molecule has 4 heteroatoms. The van der Waals surface area contributed by atoms with Crippen LogP contribution in [0.2, 0.25) is 5.02 Å². The highest BCUT2D eigenvalue weighted by Gasteiger charge is 2.06. The molecule has 0 unspecified atom stereocenters. The van der Waals surface area contributed by atoms with E-state index in [2.05, 4.69) is 5.32 Å². The molecule has 1 rings (SSSR count). The minimum atomic E-state index is -0.495. The molecule has 1 aromatic carbocycles. The summed E-state index contributed by atoms with van der Waals surface area (Å²) in [4.78, 5) is 0. The van der Waals surface area contributed by atoms with Gasteiger partial charge in [0, 0.05) is 6.54 Å². The number of benzene rings is 1. The summed E-state index contributed by atoms with van der Waals surface area (Å²) in [6.07, 6.45) is 0. The van der Waals surface area contributed by atoms with E-state index < -0.39 is 5.82 Å². The van der Waals surface area contributed by atoms with E-state index in [1.807, 2.05) is 6.92 Å². The molecule has 14 heavy (non-hydrogen) atoms. The normalized spacial score (nSPS) is 10.2. The van der Waals surface area contributed by atoms with Gasteiger partial charge in [0.1, 0.15) is 6.61 Å². The Hall–Kier alpha value is -0.800. The van der Waals surface area contributed by atoms with Gasteiger partial charge in [-0.25, -0.2) is 4.39 Å². The zero-order chi connectivity index (χ0) is 10.4. The average Bonchev–Trinajstić information content (AvgIpc) is 2.19. The van der Waals surface area contributed by atoms with E-state index in [0.717, 1.165) is 6.54 Å². The highest BCUT2D eigenvalue weighted by Crippen LogP contribution is 2.23. The second-order valence-corrected chi connectivity index (χ2v) is 3.16. The highest BCUT2D eigenvalue weighted by atomic mass is 35.5. The Kier molecular flexibility index (Phi) is 4.70. The van der Waals surface area contributed by atoms with Crippen molar-refractivity contribution in [2.75, 3.05) is 19.7 Å². The van der Waals surface area contributed by atoms with Crippen molar-refractivity contribution in [1.29, 1.82) is 0 Å². The molecule has 0 fully saturated rings. The third kappa shape index (κ3) is 3.16. The maximum Gasteiger partial charge on any atom is 0.183 e. The van der Waals surface area contributed by atoms with Crippen molar-refractivity contribution in [1.82, 2.24) is 5.32 Å². The Morgan fingerprint density at radius 2 is 2.29 bits per heavy atom. The van der Waals surface area contributed by atoms with Gasteiger partial charge < -0.3 is 10.1 Å². The molecule has 0 spiro atoms. The lowest BCUT2D eigenvalue weighted by Crippen LogP contribution is -2.20. The smallest absolute Gasteiger partial charge is 0.183 e. The summed E-state index contributed by atoms with van der Waals surface area (Å²) in [6.45, 7) is 4.01. The van der Waals surface area contributed by atoms with Gasteiger partial charge in [-0.05, 0) is 18.7 Å². The summed E-state index contributed by atoms with van der Waals surface area (Å²) in [7, 11) is 0. The number of likely N-dealkylation sites (N-methyl/N-ethyl adjacent to an activating group) is 1. The summed E-state index contributed by atoms with van der Waals surface area (Å²) < 4.78 is 18.4. The molecule has 2 nitrogen and oxygen atoms in total. The van der Waals surface area contributed by atoms with Gasteiger partial charge in [-0.2, -0.15) is 0 Å². The summed E-state index contributed by atoms with van der Waals surface area (Å²) in [5.74, 6) is -0.291. The van der Waals surface area contributed by atoms with Gasteiger partial charge in [0.05, 0.1) is 5.02 Å². The first-order valence-electron chi connectivity index (χ1n) is 4.53. The molecular formula is C10H13ClFNO. The van der Waals surface area contributed by atoms with E-state index in [0.29, 0.717) is 13.2 Å². The van der Waals surface area contributed by atoms with Crippen LogP contribution in [0, 0.1) is 5.82 Å². The minimum absolute atomic E-state index is 0.0888. The predicted octanol–water partition coefficient (Wildman–Crippen LogP) is 2.47. The topological polar surface area (TPSA) is 21.3 Å². The monoisotopic (exact) mass is 217 g/mol. The van der Waals surface area contributed by atoms with Crippen molar-refractivity contribution < 1.29 is 9.13 Å². The number of rotatable bonds is 5. The Morgan fingerprint density at radius 1 is 1.50 bits per heavy atom. The van der Waals surface area contributed by atoms with Crippen LogP contribution in [0.1, 0.15) is 6.92 Å². The largest absolute Gasteiger partial charge is 0.489 e. The number of nitrogens with one attached hydrogen (secondary N) is 1. The maximum absolute atomic E-state index is 13.2. The number of ether oxygens (including phenoxy) is 1. The van der Waals surface area contributed by atoms with Gasteiger partial charge in [0.2, 0.25) is 0 Å². The zero-order valence-corrected chi connectivity index (χ0v) is 8.77. The lowest BCUT2D eigenvalue weighted by atomic mass is 10.3. The van der Waals surface area contributed by atoms with Crippen LogP contribution in [0.25, 0.3) is 0 Å². The van der Waals surface area contributed by atoms with Crippen molar-refractivity contribution in [3.8, 4) is 5.75 Å². The Bertz CT molecular complexity index is 293. The highest BCUT2D eigenvalue weighted by molar-refractivity contribution is 6.30. The third-order valence-corrected chi connectivity index (χ3v) is 1.99. The summed E-state index contributed by atoms with van der Waals surface area (Å²) in [6, 6.07) is 4.72. The van der Waals surface area contributed by atoms with Crippen LogP contribution in [-0.4, -0.2) is 19.7 Å². The zero-order valence-electron chi connectivity index (χ0n) is 8.02. The molecule has 0 aliphatic rings. The van der Waals surface area contributed by atoms with Crippen molar-refractivity contribution in [3.63, 3.8) is 0 Å². The molecule has 0 aromatic heterocycles. The molecular weight excluding hydrogens is 205 g/mol. The molecule has 78 valence electrons. The molecule has 0 saturated carbocycles. The van der Waals surface area contributed by atoms with Gasteiger partial charge in [-0.1, -0.05) is 24.6 Å². The molecule has 0 atom stereocenters. The quantitative estimate of drug-likeness (QED) is 0.766. The summed E-state index contributed by atoms with van der Waals surface area (Å²) in [5, 5.41) is 3.16. The van der Waals surface area contributed by atoms with E-state index in [-0.39, 0.29) is 10.8 Å². The second-order valence-electron chi connectivity index (χ2n) is 2.75. The molecule has 0 aliphatic heterocycles. The van der Waals surface area contributed by atoms with Gasteiger partial charge in [0.25, 0.3) is 0 Å². The lowest BCUT2D eigenvalue weighted by Gasteiger charge is -2.07. The van der Waals surface area contributed by atoms with E-state index in [9.17, 15) is 4.39 Å². The summed E-state index contributed by atoms with van der Waals surface area (Å²) in [5.41, 5.74) is 0. The van der Waals surface area contributed by atoms with Crippen LogP contribution in [0.4, 0.5) is 4.39 Å². The molecule has 0 saturated heterocycles. The minimum Gasteiger partial charge on any atom is -0.489 e. The Labute approximate surface area is 88.0 Å².